The number of rotatable bonds is 10. The van der Waals surface area contributed by atoms with Crippen LogP contribution in [0.4, 0.5) is 16.2 Å². The van der Waals surface area contributed by atoms with Gasteiger partial charge in [0.25, 0.3) is 0 Å². The van der Waals surface area contributed by atoms with Crippen LogP contribution < -0.4 is 14.5 Å². The van der Waals surface area contributed by atoms with E-state index < -0.39 is 5.60 Å². The van der Waals surface area contributed by atoms with Crippen molar-refractivity contribution in [3.8, 4) is 5.75 Å². The Balaban J connectivity index is 1.37. The lowest BCUT2D eigenvalue weighted by molar-refractivity contribution is -0.117. The lowest BCUT2D eigenvalue weighted by Gasteiger charge is -2.36. The summed E-state index contributed by atoms with van der Waals surface area (Å²) in [5.74, 6) is 1.33. The fourth-order valence-corrected chi connectivity index (χ4v) is 6.63. The summed E-state index contributed by atoms with van der Waals surface area (Å²) in [5, 5.41) is 0. The van der Waals surface area contributed by atoms with Crippen molar-refractivity contribution in [1.29, 1.82) is 0 Å². The number of nitrogens with zero attached hydrogens (tertiary/aromatic N) is 4. The van der Waals surface area contributed by atoms with Gasteiger partial charge >= 0.3 is 6.09 Å². The molecule has 0 atom stereocenters. The standard InChI is InChI=1S/C38H50N4O4/c1-27-9-8-10-31(23-27)41-19-17-29(18-20-41)36-30(26-39(5)21-22-40(6)37(44)46-38(2,3)4)13-16-34-33(36)24-35(43)42(34)25-28-11-14-32(45-7)15-12-28/h8-16,23,29H,17-22,24-26H2,1-7H3. The average Bonchev–Trinajstić information content (AvgIpc) is 3.33. The van der Waals surface area contributed by atoms with Crippen molar-refractivity contribution < 1.29 is 19.1 Å². The first kappa shape index (κ1) is 33.3. The molecule has 0 bridgehead atoms. The van der Waals surface area contributed by atoms with Crippen LogP contribution in [0.15, 0.2) is 60.7 Å². The third kappa shape index (κ3) is 8.02. The summed E-state index contributed by atoms with van der Waals surface area (Å²) in [6.07, 6.45) is 2.19. The van der Waals surface area contributed by atoms with Crippen LogP contribution in [-0.2, 0) is 29.0 Å². The monoisotopic (exact) mass is 626 g/mol. The molecule has 0 radical (unpaired) electrons. The summed E-state index contributed by atoms with van der Waals surface area (Å²) in [7, 11) is 5.55. The van der Waals surface area contributed by atoms with Crippen LogP contribution in [0.5, 0.6) is 5.75 Å². The molecule has 8 heteroatoms. The molecule has 3 aromatic carbocycles. The molecular formula is C38H50N4O4. The number of amides is 2. The van der Waals surface area contributed by atoms with Crippen LogP contribution in [0, 0.1) is 6.92 Å². The Labute approximate surface area is 274 Å². The van der Waals surface area contributed by atoms with Gasteiger partial charge in [0.1, 0.15) is 11.4 Å². The van der Waals surface area contributed by atoms with Crippen LogP contribution in [0.1, 0.15) is 67.3 Å². The number of anilines is 2. The van der Waals surface area contributed by atoms with E-state index >= 15 is 0 Å². The van der Waals surface area contributed by atoms with Gasteiger partial charge in [-0.15, -0.1) is 0 Å². The van der Waals surface area contributed by atoms with E-state index in [0.29, 0.717) is 32.0 Å². The van der Waals surface area contributed by atoms with E-state index in [0.717, 1.165) is 49.5 Å². The Hall–Kier alpha value is -4.04. The van der Waals surface area contributed by atoms with Crippen LogP contribution in [-0.4, -0.2) is 74.8 Å². The van der Waals surface area contributed by atoms with Gasteiger partial charge in [-0.25, -0.2) is 4.79 Å². The third-order valence-electron chi connectivity index (χ3n) is 9.07. The molecule has 0 aliphatic carbocycles. The van der Waals surface area contributed by atoms with Crippen molar-refractivity contribution in [2.45, 2.75) is 71.6 Å². The molecule has 2 heterocycles. The minimum absolute atomic E-state index is 0.147. The number of likely N-dealkylation sites (N-methyl/N-ethyl adjacent to an activating group) is 2. The lowest BCUT2D eigenvalue weighted by Crippen LogP contribution is -2.38. The van der Waals surface area contributed by atoms with Gasteiger partial charge in [0.15, 0.2) is 0 Å². The van der Waals surface area contributed by atoms with Crippen LogP contribution in [0.2, 0.25) is 0 Å². The maximum atomic E-state index is 13.6. The first-order valence-corrected chi connectivity index (χ1v) is 16.4. The molecule has 1 fully saturated rings. The number of piperidine rings is 1. The molecule has 0 saturated carbocycles. The van der Waals surface area contributed by atoms with E-state index in [-0.39, 0.29) is 12.0 Å². The maximum Gasteiger partial charge on any atom is 0.410 e. The highest BCUT2D eigenvalue weighted by atomic mass is 16.6. The molecule has 8 nitrogen and oxygen atoms in total. The van der Waals surface area contributed by atoms with E-state index in [2.05, 4.69) is 60.2 Å². The summed E-state index contributed by atoms with van der Waals surface area (Å²) in [5.41, 5.74) is 7.95. The molecule has 2 amide bonds. The highest BCUT2D eigenvalue weighted by Gasteiger charge is 2.34. The Bertz CT molecular complexity index is 1520. The molecule has 2 aliphatic heterocycles. The van der Waals surface area contributed by atoms with Crippen molar-refractivity contribution in [2.75, 3.05) is 57.2 Å². The third-order valence-corrected chi connectivity index (χ3v) is 9.07. The number of methoxy groups -OCH3 is 1. The summed E-state index contributed by atoms with van der Waals surface area (Å²) >= 11 is 0. The van der Waals surface area contributed by atoms with Gasteiger partial charge in [0.2, 0.25) is 5.91 Å². The number of ether oxygens (including phenoxy) is 2. The van der Waals surface area contributed by atoms with Crippen LogP contribution in [0.3, 0.4) is 0 Å². The smallest absolute Gasteiger partial charge is 0.410 e. The Kier molecular flexibility index (Phi) is 10.3. The molecule has 0 aromatic heterocycles. The van der Waals surface area contributed by atoms with E-state index in [1.807, 2.05) is 49.9 Å². The topological polar surface area (TPSA) is 65.6 Å². The van der Waals surface area contributed by atoms with Crippen molar-refractivity contribution in [3.05, 3.63) is 88.5 Å². The lowest BCUT2D eigenvalue weighted by atomic mass is 9.82. The highest BCUT2D eigenvalue weighted by Crippen LogP contribution is 2.42. The largest absolute Gasteiger partial charge is 0.497 e. The predicted molar refractivity (Wildman–Crippen MR) is 185 cm³/mol. The molecule has 5 rings (SSSR count). The molecule has 2 aliphatic rings. The van der Waals surface area contributed by atoms with Crippen molar-refractivity contribution in [3.63, 3.8) is 0 Å². The minimum Gasteiger partial charge on any atom is -0.497 e. The maximum absolute atomic E-state index is 13.6. The van der Waals surface area contributed by atoms with Gasteiger partial charge in [-0.2, -0.15) is 0 Å². The zero-order valence-electron chi connectivity index (χ0n) is 28.6. The number of carbonyl (C=O) groups is 2. The highest BCUT2D eigenvalue weighted by molar-refractivity contribution is 6.02. The Morgan fingerprint density at radius 2 is 1.70 bits per heavy atom. The van der Waals surface area contributed by atoms with E-state index in [9.17, 15) is 9.59 Å². The first-order chi connectivity index (χ1) is 21.9. The number of carbonyl (C=O) groups excluding carboxylic acids is 2. The van der Waals surface area contributed by atoms with Crippen LogP contribution >= 0.6 is 0 Å². The quantitative estimate of drug-likeness (QED) is 0.247. The zero-order valence-corrected chi connectivity index (χ0v) is 28.6. The molecule has 0 N–H and O–H groups in total. The number of hydrogen-bond donors (Lipinski definition) is 0. The van der Waals surface area contributed by atoms with Gasteiger partial charge in [-0.05, 0) is 112 Å². The number of benzene rings is 3. The number of hydrogen-bond acceptors (Lipinski definition) is 6. The normalized spacial score (nSPS) is 15.3. The van der Waals surface area contributed by atoms with E-state index in [1.54, 1.807) is 19.1 Å². The summed E-state index contributed by atoms with van der Waals surface area (Å²) in [6, 6.07) is 21.1. The van der Waals surface area contributed by atoms with Crippen molar-refractivity contribution in [2.24, 2.45) is 0 Å². The molecule has 46 heavy (non-hydrogen) atoms. The molecule has 0 spiro atoms. The summed E-state index contributed by atoms with van der Waals surface area (Å²) in [6.45, 7) is 12.3. The first-order valence-electron chi connectivity index (χ1n) is 16.4. The second-order valence-electron chi connectivity index (χ2n) is 13.9. The minimum atomic E-state index is -0.524. The Morgan fingerprint density at radius 3 is 2.35 bits per heavy atom. The number of fused-ring (bicyclic) bond motifs is 1. The fourth-order valence-electron chi connectivity index (χ4n) is 6.63. The van der Waals surface area contributed by atoms with Gasteiger partial charge in [-0.3, -0.25) is 4.79 Å². The van der Waals surface area contributed by atoms with Gasteiger partial charge < -0.3 is 29.1 Å². The second kappa shape index (κ2) is 14.2. The zero-order chi connectivity index (χ0) is 33.0. The average molecular weight is 627 g/mol. The van der Waals surface area contributed by atoms with Gasteiger partial charge in [0, 0.05) is 51.1 Å². The molecular weight excluding hydrogens is 576 g/mol. The Morgan fingerprint density at radius 1 is 0.978 bits per heavy atom. The molecule has 0 unspecified atom stereocenters. The summed E-state index contributed by atoms with van der Waals surface area (Å²) in [4.78, 5) is 34.4. The fraction of sp³-hybridized carbons (Fsp3) is 0.474. The predicted octanol–water partition coefficient (Wildman–Crippen LogP) is 6.78. The number of aryl methyl sites for hydroxylation is 1. The van der Waals surface area contributed by atoms with Crippen LogP contribution in [0.25, 0.3) is 0 Å². The molecule has 1 saturated heterocycles. The molecule has 246 valence electrons. The van der Waals surface area contributed by atoms with Crippen molar-refractivity contribution in [1.82, 2.24) is 9.80 Å². The molecule has 3 aromatic rings. The second-order valence-corrected chi connectivity index (χ2v) is 13.9. The van der Waals surface area contributed by atoms with Gasteiger partial charge in [0.05, 0.1) is 20.1 Å². The van der Waals surface area contributed by atoms with E-state index in [1.165, 1.54) is 27.9 Å². The SMILES string of the molecule is COc1ccc(CN2C(=O)Cc3c2ccc(CN(C)CCN(C)C(=O)OC(C)(C)C)c3C2CCN(c3cccc(C)c3)CC2)cc1. The summed E-state index contributed by atoms with van der Waals surface area (Å²) < 4.78 is 10.9. The van der Waals surface area contributed by atoms with E-state index in [4.69, 9.17) is 9.47 Å². The van der Waals surface area contributed by atoms with Crippen molar-refractivity contribution >= 4 is 23.4 Å². The van der Waals surface area contributed by atoms with Gasteiger partial charge in [-0.1, -0.05) is 30.3 Å².